The number of hydrogen-bond donors (Lipinski definition) is 6. The van der Waals surface area contributed by atoms with E-state index in [-0.39, 0.29) is 0 Å². The van der Waals surface area contributed by atoms with Crippen molar-refractivity contribution in [3.63, 3.8) is 0 Å². The Bertz CT molecular complexity index is 91.0. The minimum atomic E-state index is -3.69. The van der Waals surface area contributed by atoms with Crippen molar-refractivity contribution in [2.45, 2.75) is 11.8 Å². The first kappa shape index (κ1) is 8.76. The van der Waals surface area contributed by atoms with Crippen LogP contribution in [-0.2, 0) is 0 Å². The van der Waals surface area contributed by atoms with Crippen LogP contribution < -0.4 is 0 Å². The Morgan fingerprint density at radius 2 is 1.22 bits per heavy atom. The first-order valence-corrected chi connectivity index (χ1v) is 2.04. The van der Waals surface area contributed by atoms with Gasteiger partial charge in [0.25, 0.3) is 5.79 Å². The fourth-order valence-corrected chi connectivity index (χ4v) is 0.106. The summed E-state index contributed by atoms with van der Waals surface area (Å²) in [6, 6.07) is 0. The van der Waals surface area contributed by atoms with Crippen LogP contribution in [0.2, 0.25) is 0 Å². The van der Waals surface area contributed by atoms with E-state index in [2.05, 4.69) is 0 Å². The number of aliphatic hydroxyl groups is 6. The van der Waals surface area contributed by atoms with Crippen LogP contribution in [0.3, 0.4) is 0 Å². The van der Waals surface area contributed by atoms with Crippen LogP contribution in [0, 0.1) is 0 Å². The highest BCUT2D eigenvalue weighted by molar-refractivity contribution is 4.69. The van der Waals surface area contributed by atoms with Crippen LogP contribution in [0.1, 0.15) is 0 Å². The predicted molar refractivity (Wildman–Crippen MR) is 23.6 cm³/mol. The molecule has 6 heteroatoms. The van der Waals surface area contributed by atoms with Crippen molar-refractivity contribution in [1.82, 2.24) is 0 Å². The van der Waals surface area contributed by atoms with E-state index >= 15 is 0 Å². The summed E-state index contributed by atoms with van der Waals surface area (Å²) in [5, 5.41) is 48.4. The number of rotatable bonds is 2. The smallest absolute Gasteiger partial charge is 0.335 e. The maximum Gasteiger partial charge on any atom is 0.335 e. The molecule has 0 rings (SSSR count). The molecule has 0 aliphatic rings. The molecular weight excluding hydrogens is 132 g/mol. The molecule has 0 bridgehead atoms. The Balaban J connectivity index is 4.14. The maximum absolute atomic E-state index is 8.22. The molecule has 0 aromatic carbocycles. The highest BCUT2D eigenvalue weighted by atomic mass is 16.7. The van der Waals surface area contributed by atoms with Gasteiger partial charge in [-0.3, -0.25) is 0 Å². The Labute approximate surface area is 50.2 Å². The minimum Gasteiger partial charge on any atom is -0.390 e. The summed E-state index contributed by atoms with van der Waals surface area (Å²) in [4.78, 5) is 0. The second-order valence-corrected chi connectivity index (χ2v) is 1.61. The van der Waals surface area contributed by atoms with Gasteiger partial charge >= 0.3 is 5.97 Å². The largest absolute Gasteiger partial charge is 0.390 e. The molecule has 0 spiro atoms. The first-order valence-electron chi connectivity index (χ1n) is 2.04. The molecule has 0 aromatic rings. The molecule has 0 amide bonds. The van der Waals surface area contributed by atoms with Gasteiger partial charge in [0.15, 0.2) is 0 Å². The summed E-state index contributed by atoms with van der Waals surface area (Å²) in [7, 11) is 0. The van der Waals surface area contributed by atoms with Crippen molar-refractivity contribution >= 4 is 0 Å². The van der Waals surface area contributed by atoms with E-state index < -0.39 is 18.4 Å². The fourth-order valence-electron chi connectivity index (χ4n) is 0.106. The van der Waals surface area contributed by atoms with Gasteiger partial charge in [-0.1, -0.05) is 0 Å². The van der Waals surface area contributed by atoms with Crippen LogP contribution in [0.25, 0.3) is 0 Å². The van der Waals surface area contributed by atoms with Crippen LogP contribution in [-0.4, -0.2) is 49.0 Å². The second-order valence-electron chi connectivity index (χ2n) is 1.61. The molecule has 6 N–H and O–H groups in total. The molecule has 0 saturated carbocycles. The minimum absolute atomic E-state index is 1.38. The highest BCUT2D eigenvalue weighted by Gasteiger charge is 2.45. The van der Waals surface area contributed by atoms with Crippen molar-refractivity contribution in [3.8, 4) is 0 Å². The number of hydrogen-bond acceptors (Lipinski definition) is 6. The van der Waals surface area contributed by atoms with Gasteiger partial charge in [0, 0.05) is 0 Å². The summed E-state index contributed by atoms with van der Waals surface area (Å²) in [5.41, 5.74) is 0. The van der Waals surface area contributed by atoms with Gasteiger partial charge in [0.05, 0.1) is 0 Å². The first-order chi connectivity index (χ1) is 3.81. The van der Waals surface area contributed by atoms with Gasteiger partial charge in [0.2, 0.25) is 0 Å². The molecule has 0 heterocycles. The van der Waals surface area contributed by atoms with Crippen molar-refractivity contribution in [3.05, 3.63) is 0 Å². The average molecular weight is 140 g/mol. The fraction of sp³-hybridized carbons (Fsp3) is 1.00. The maximum atomic E-state index is 8.22. The van der Waals surface area contributed by atoms with Crippen molar-refractivity contribution in [2.24, 2.45) is 0 Å². The quantitative estimate of drug-likeness (QED) is 0.219. The Morgan fingerprint density at radius 1 is 0.889 bits per heavy atom. The van der Waals surface area contributed by atoms with Gasteiger partial charge in [-0.05, 0) is 0 Å². The van der Waals surface area contributed by atoms with Crippen LogP contribution in [0.4, 0.5) is 0 Å². The van der Waals surface area contributed by atoms with Gasteiger partial charge in [-0.2, -0.15) is 0 Å². The zero-order valence-corrected chi connectivity index (χ0v) is 4.39. The molecule has 0 unspecified atom stereocenters. The van der Waals surface area contributed by atoms with E-state index in [1.807, 2.05) is 0 Å². The summed E-state index contributed by atoms with van der Waals surface area (Å²) in [5.74, 6) is -6.99. The molecular formula is C3H8O6. The zero-order chi connectivity index (χ0) is 7.71. The standard InChI is InChI=1S/C3H8O6/c4-1-2(5,6)3(7,8)9/h4-9H,1H2. The van der Waals surface area contributed by atoms with Crippen LogP contribution in [0.5, 0.6) is 0 Å². The third kappa shape index (κ3) is 1.86. The zero-order valence-electron chi connectivity index (χ0n) is 4.39. The second kappa shape index (κ2) is 2.18. The molecule has 0 aliphatic carbocycles. The topological polar surface area (TPSA) is 121 Å². The monoisotopic (exact) mass is 140 g/mol. The lowest BCUT2D eigenvalue weighted by molar-refractivity contribution is -0.451. The number of aliphatic hydroxyl groups excluding tert-OH is 1. The van der Waals surface area contributed by atoms with Crippen LogP contribution in [0.15, 0.2) is 0 Å². The lowest BCUT2D eigenvalue weighted by Crippen LogP contribution is -2.56. The van der Waals surface area contributed by atoms with E-state index in [0.717, 1.165) is 0 Å². The highest BCUT2D eigenvalue weighted by Crippen LogP contribution is 2.11. The lowest BCUT2D eigenvalue weighted by Gasteiger charge is -2.27. The molecule has 0 aliphatic heterocycles. The van der Waals surface area contributed by atoms with Gasteiger partial charge < -0.3 is 30.6 Å². The summed E-state index contributed by atoms with van der Waals surface area (Å²) >= 11 is 0. The summed E-state index contributed by atoms with van der Waals surface area (Å²) < 4.78 is 0. The van der Waals surface area contributed by atoms with E-state index in [1.54, 1.807) is 0 Å². The molecule has 0 radical (unpaired) electrons. The third-order valence-electron chi connectivity index (χ3n) is 0.758. The molecule has 0 atom stereocenters. The summed E-state index contributed by atoms with van der Waals surface area (Å²) in [6.45, 7) is -1.38. The SMILES string of the molecule is OCC(O)(O)C(O)(O)O. The molecule has 0 aromatic heterocycles. The normalized spacial score (nSPS) is 14.0. The van der Waals surface area contributed by atoms with Crippen molar-refractivity contribution in [2.75, 3.05) is 6.61 Å². The Morgan fingerprint density at radius 3 is 1.22 bits per heavy atom. The Kier molecular flexibility index (Phi) is 2.12. The molecule has 6 nitrogen and oxygen atoms in total. The van der Waals surface area contributed by atoms with E-state index in [4.69, 9.17) is 30.6 Å². The molecule has 0 saturated heterocycles. The van der Waals surface area contributed by atoms with Crippen LogP contribution >= 0.6 is 0 Å². The van der Waals surface area contributed by atoms with Crippen molar-refractivity contribution < 1.29 is 30.6 Å². The molecule has 0 fully saturated rings. The van der Waals surface area contributed by atoms with E-state index in [0.29, 0.717) is 0 Å². The Hall–Kier alpha value is -0.240. The van der Waals surface area contributed by atoms with E-state index in [1.165, 1.54) is 0 Å². The van der Waals surface area contributed by atoms with Gasteiger partial charge in [-0.15, -0.1) is 0 Å². The van der Waals surface area contributed by atoms with Crippen molar-refractivity contribution in [1.29, 1.82) is 0 Å². The van der Waals surface area contributed by atoms with E-state index in [9.17, 15) is 0 Å². The van der Waals surface area contributed by atoms with Gasteiger partial charge in [-0.25, -0.2) is 0 Å². The predicted octanol–water partition coefficient (Wildman–Crippen LogP) is -3.71. The average Bonchev–Trinajstić information content (AvgIpc) is 1.64. The summed E-state index contributed by atoms with van der Waals surface area (Å²) in [6.07, 6.45) is 0. The molecule has 56 valence electrons. The third-order valence-corrected chi connectivity index (χ3v) is 0.758. The molecule has 9 heavy (non-hydrogen) atoms. The lowest BCUT2D eigenvalue weighted by atomic mass is 10.2. The van der Waals surface area contributed by atoms with Gasteiger partial charge in [0.1, 0.15) is 6.61 Å².